The number of halogens is 1. The summed E-state index contributed by atoms with van der Waals surface area (Å²) in [6.07, 6.45) is 6.35. The molecule has 2 aromatic carbocycles. The van der Waals surface area contributed by atoms with Gasteiger partial charge in [0.15, 0.2) is 0 Å². The summed E-state index contributed by atoms with van der Waals surface area (Å²) in [5.41, 5.74) is 5.11. The van der Waals surface area contributed by atoms with Crippen LogP contribution < -0.4 is 0 Å². The molecule has 118 valence electrons. The number of rotatable bonds is 3. The molecular formula is C21H22BrN. The molecule has 0 radical (unpaired) electrons. The summed E-state index contributed by atoms with van der Waals surface area (Å²) in [6.45, 7) is 10.8. The van der Waals surface area contributed by atoms with E-state index in [2.05, 4.69) is 96.6 Å². The van der Waals surface area contributed by atoms with Gasteiger partial charge in [0, 0.05) is 23.3 Å². The van der Waals surface area contributed by atoms with E-state index in [1.165, 1.54) is 33.2 Å². The molecule has 1 nitrogen and oxygen atoms in total. The van der Waals surface area contributed by atoms with E-state index < -0.39 is 0 Å². The van der Waals surface area contributed by atoms with Gasteiger partial charge in [0.2, 0.25) is 0 Å². The van der Waals surface area contributed by atoms with E-state index in [0.29, 0.717) is 0 Å². The molecule has 0 aliphatic heterocycles. The van der Waals surface area contributed by atoms with E-state index in [0.717, 1.165) is 5.33 Å². The van der Waals surface area contributed by atoms with Gasteiger partial charge in [-0.25, -0.2) is 0 Å². The molecule has 1 heterocycles. The Labute approximate surface area is 146 Å². The predicted octanol–water partition coefficient (Wildman–Crippen LogP) is 6.47. The fourth-order valence-electron chi connectivity index (χ4n) is 2.91. The van der Waals surface area contributed by atoms with Gasteiger partial charge in [0.25, 0.3) is 0 Å². The summed E-state index contributed by atoms with van der Waals surface area (Å²) in [7, 11) is 0. The van der Waals surface area contributed by atoms with Crippen molar-refractivity contribution in [3.05, 3.63) is 72.1 Å². The minimum Gasteiger partial charge on any atom is -0.322 e. The van der Waals surface area contributed by atoms with Gasteiger partial charge in [-0.05, 0) is 33.4 Å². The van der Waals surface area contributed by atoms with Crippen molar-refractivity contribution in [1.82, 2.24) is 4.57 Å². The first-order valence-electron chi connectivity index (χ1n) is 7.87. The van der Waals surface area contributed by atoms with Gasteiger partial charge in [-0.1, -0.05) is 79.7 Å². The lowest BCUT2D eigenvalue weighted by Crippen LogP contribution is -2.13. The Morgan fingerprint density at radius 1 is 1.09 bits per heavy atom. The highest BCUT2D eigenvalue weighted by Crippen LogP contribution is 2.32. The molecule has 0 saturated carbocycles. The molecule has 3 aromatic rings. The highest BCUT2D eigenvalue weighted by molar-refractivity contribution is 9.08. The fourth-order valence-corrected chi connectivity index (χ4v) is 3.38. The lowest BCUT2D eigenvalue weighted by molar-refractivity contribution is 0.589. The summed E-state index contributed by atoms with van der Waals surface area (Å²) < 4.78 is 2.23. The standard InChI is InChI=1S/C21H22BrN/c1-5-19-17(12-22)10-18(21(2,3)4)11-20(19)23-13-15-8-6-7-9-16(15)14-23/h5-11,13-14H,1,12H2,2-4H3. The van der Waals surface area contributed by atoms with Crippen molar-refractivity contribution in [2.24, 2.45) is 0 Å². The normalized spacial score (nSPS) is 11.8. The van der Waals surface area contributed by atoms with Crippen LogP contribution in [0.25, 0.3) is 22.5 Å². The van der Waals surface area contributed by atoms with Crippen LogP contribution >= 0.6 is 15.9 Å². The van der Waals surface area contributed by atoms with Crippen molar-refractivity contribution in [1.29, 1.82) is 0 Å². The van der Waals surface area contributed by atoms with Crippen LogP contribution in [0.3, 0.4) is 0 Å². The number of aromatic nitrogens is 1. The average Bonchev–Trinajstić information content (AvgIpc) is 2.96. The van der Waals surface area contributed by atoms with E-state index in [9.17, 15) is 0 Å². The van der Waals surface area contributed by atoms with Crippen molar-refractivity contribution in [2.75, 3.05) is 0 Å². The maximum Gasteiger partial charge on any atom is 0.0528 e. The van der Waals surface area contributed by atoms with Crippen molar-refractivity contribution in [3.8, 4) is 5.69 Å². The predicted molar refractivity (Wildman–Crippen MR) is 105 cm³/mol. The fraction of sp³-hybridized carbons (Fsp3) is 0.238. The van der Waals surface area contributed by atoms with Crippen LogP contribution in [0, 0.1) is 0 Å². The van der Waals surface area contributed by atoms with E-state index in [4.69, 9.17) is 0 Å². The number of nitrogens with zero attached hydrogens (tertiary/aromatic N) is 1. The van der Waals surface area contributed by atoms with Gasteiger partial charge in [-0.3, -0.25) is 0 Å². The Kier molecular flexibility index (Phi) is 4.20. The number of benzene rings is 2. The van der Waals surface area contributed by atoms with Crippen LogP contribution in [0.4, 0.5) is 0 Å². The first-order chi connectivity index (χ1) is 10.9. The number of hydrogen-bond donors (Lipinski definition) is 0. The lowest BCUT2D eigenvalue weighted by atomic mass is 9.84. The van der Waals surface area contributed by atoms with Crippen LogP contribution in [-0.4, -0.2) is 4.57 Å². The lowest BCUT2D eigenvalue weighted by Gasteiger charge is -2.23. The van der Waals surface area contributed by atoms with Gasteiger partial charge < -0.3 is 4.57 Å². The van der Waals surface area contributed by atoms with E-state index in [1.54, 1.807) is 0 Å². The molecule has 2 heteroatoms. The molecule has 0 spiro atoms. The third-order valence-electron chi connectivity index (χ3n) is 4.29. The van der Waals surface area contributed by atoms with Crippen molar-refractivity contribution >= 4 is 32.8 Å². The first kappa shape index (κ1) is 16.1. The Balaban J connectivity index is 2.29. The first-order valence-corrected chi connectivity index (χ1v) is 8.99. The maximum atomic E-state index is 4.04. The largest absolute Gasteiger partial charge is 0.322 e. The van der Waals surface area contributed by atoms with Crippen LogP contribution in [-0.2, 0) is 10.7 Å². The van der Waals surface area contributed by atoms with E-state index in [1.807, 2.05) is 6.08 Å². The van der Waals surface area contributed by atoms with Crippen LogP contribution in [0.2, 0.25) is 0 Å². The Morgan fingerprint density at radius 3 is 2.17 bits per heavy atom. The molecule has 23 heavy (non-hydrogen) atoms. The zero-order valence-electron chi connectivity index (χ0n) is 13.9. The van der Waals surface area contributed by atoms with Crippen LogP contribution in [0.15, 0.2) is 55.4 Å². The van der Waals surface area contributed by atoms with Gasteiger partial charge in [0.05, 0.1) is 5.69 Å². The summed E-state index contributed by atoms with van der Waals surface area (Å²) in [4.78, 5) is 0. The van der Waals surface area contributed by atoms with E-state index in [-0.39, 0.29) is 5.41 Å². The molecule has 0 amide bonds. The SMILES string of the molecule is C=Cc1c(CBr)cc(C(C)(C)C)cc1-n1cc2ccccc2c1. The molecule has 0 bridgehead atoms. The quantitative estimate of drug-likeness (QED) is 0.467. The monoisotopic (exact) mass is 367 g/mol. The Bertz CT molecular complexity index is 832. The molecule has 0 aliphatic rings. The zero-order chi connectivity index (χ0) is 16.6. The van der Waals surface area contributed by atoms with Crippen LogP contribution in [0.1, 0.15) is 37.5 Å². The molecule has 0 saturated heterocycles. The zero-order valence-corrected chi connectivity index (χ0v) is 15.5. The maximum absolute atomic E-state index is 4.04. The second-order valence-electron chi connectivity index (χ2n) is 6.95. The highest BCUT2D eigenvalue weighted by atomic mass is 79.9. The second kappa shape index (κ2) is 6.01. The third kappa shape index (κ3) is 3.00. The van der Waals surface area contributed by atoms with Gasteiger partial charge in [0.1, 0.15) is 0 Å². The Hall–Kier alpha value is -1.80. The van der Waals surface area contributed by atoms with Crippen molar-refractivity contribution in [2.45, 2.75) is 31.5 Å². The van der Waals surface area contributed by atoms with Crippen LogP contribution in [0.5, 0.6) is 0 Å². The minimum atomic E-state index is 0.109. The molecule has 1 aromatic heterocycles. The second-order valence-corrected chi connectivity index (χ2v) is 7.51. The smallest absolute Gasteiger partial charge is 0.0528 e. The van der Waals surface area contributed by atoms with Gasteiger partial charge in [-0.15, -0.1) is 0 Å². The Morgan fingerprint density at radius 2 is 1.70 bits per heavy atom. The van der Waals surface area contributed by atoms with Crippen molar-refractivity contribution < 1.29 is 0 Å². The molecule has 0 N–H and O–H groups in total. The number of alkyl halides is 1. The minimum absolute atomic E-state index is 0.109. The van der Waals surface area contributed by atoms with E-state index >= 15 is 0 Å². The van der Waals surface area contributed by atoms with Gasteiger partial charge >= 0.3 is 0 Å². The number of fused-ring (bicyclic) bond motifs is 1. The summed E-state index contributed by atoms with van der Waals surface area (Å²) in [5, 5.41) is 3.33. The average molecular weight is 368 g/mol. The third-order valence-corrected chi connectivity index (χ3v) is 4.89. The molecule has 0 aliphatic carbocycles. The molecule has 0 fully saturated rings. The summed E-state index contributed by atoms with van der Waals surface area (Å²) in [6, 6.07) is 13.0. The highest BCUT2D eigenvalue weighted by Gasteiger charge is 2.18. The number of hydrogen-bond acceptors (Lipinski definition) is 0. The molecule has 3 rings (SSSR count). The molecule has 0 atom stereocenters. The van der Waals surface area contributed by atoms with Crippen molar-refractivity contribution in [3.63, 3.8) is 0 Å². The molecular weight excluding hydrogens is 346 g/mol. The molecule has 0 unspecified atom stereocenters. The summed E-state index contributed by atoms with van der Waals surface area (Å²) >= 11 is 3.63. The summed E-state index contributed by atoms with van der Waals surface area (Å²) in [5.74, 6) is 0. The topological polar surface area (TPSA) is 4.93 Å². The van der Waals surface area contributed by atoms with Gasteiger partial charge in [-0.2, -0.15) is 0 Å².